The van der Waals surface area contributed by atoms with Crippen LogP contribution in [0.25, 0.3) is 0 Å². The molecule has 2 aliphatic rings. The number of ether oxygens (including phenoxy) is 1. The number of nitrogens with zero attached hydrogens (tertiary/aromatic N) is 2. The third-order valence-electron chi connectivity index (χ3n) is 6.15. The molecule has 0 radical (unpaired) electrons. The van der Waals surface area contributed by atoms with Crippen LogP contribution in [0.15, 0.2) is 18.3 Å². The second-order valence-corrected chi connectivity index (χ2v) is 7.76. The third kappa shape index (κ3) is 4.46. The molecule has 2 heterocycles. The van der Waals surface area contributed by atoms with Gasteiger partial charge < -0.3 is 14.7 Å². The van der Waals surface area contributed by atoms with Crippen molar-refractivity contribution in [2.24, 2.45) is 11.3 Å². The summed E-state index contributed by atoms with van der Waals surface area (Å²) in [6.07, 6.45) is 7.69. The Bertz CT molecular complexity index is 698. The number of esters is 1. The quantitative estimate of drug-likeness (QED) is 0.814. The van der Waals surface area contributed by atoms with Crippen LogP contribution in [0.1, 0.15) is 65.8 Å². The molecule has 0 unspecified atom stereocenters. The molecule has 1 aromatic rings. The third-order valence-corrected chi connectivity index (χ3v) is 6.15. The van der Waals surface area contributed by atoms with Crippen LogP contribution >= 0.6 is 0 Å². The maximum absolute atomic E-state index is 12.7. The molecule has 2 fully saturated rings. The minimum atomic E-state index is -0.705. The molecule has 7 nitrogen and oxygen atoms in total. The molecule has 1 amide bonds. The highest BCUT2D eigenvalue weighted by Crippen LogP contribution is 2.47. The highest BCUT2D eigenvalue weighted by Gasteiger charge is 2.39. The van der Waals surface area contributed by atoms with E-state index in [1.165, 1.54) is 19.4 Å². The first-order valence-electron chi connectivity index (χ1n) is 9.48. The summed E-state index contributed by atoms with van der Waals surface area (Å²) in [6.45, 7) is 1.42. The standard InChI is InChI=1S/C20H26N2O5/c1-27-19(26)16-3-2-15(13-21-16)18(25)22-10-8-20(9-11-22)6-4-14(5-7-20)12-17(23)24/h2-3,13-14H,4-12H2,1H3,(H,23,24). The van der Waals surface area contributed by atoms with Gasteiger partial charge in [0.05, 0.1) is 12.7 Å². The van der Waals surface area contributed by atoms with E-state index < -0.39 is 11.9 Å². The van der Waals surface area contributed by atoms with Crippen LogP contribution in [0.3, 0.4) is 0 Å². The SMILES string of the molecule is COC(=O)c1ccc(C(=O)N2CCC3(CCC(CC(=O)O)CC3)CC2)cn1. The predicted octanol–water partition coefficient (Wildman–Crippen LogP) is 2.76. The molecular formula is C20H26N2O5. The van der Waals surface area contributed by atoms with E-state index in [0.29, 0.717) is 24.6 Å². The Morgan fingerprint density at radius 3 is 2.37 bits per heavy atom. The fourth-order valence-corrected chi connectivity index (χ4v) is 4.35. The van der Waals surface area contributed by atoms with Crippen molar-refractivity contribution in [3.05, 3.63) is 29.6 Å². The summed E-state index contributed by atoms with van der Waals surface area (Å²) in [7, 11) is 1.29. The van der Waals surface area contributed by atoms with E-state index in [1.807, 2.05) is 4.90 Å². The Labute approximate surface area is 158 Å². The molecule has 1 aliphatic heterocycles. The molecule has 7 heteroatoms. The zero-order chi connectivity index (χ0) is 19.4. The number of pyridine rings is 1. The van der Waals surface area contributed by atoms with Crippen LogP contribution in [0.2, 0.25) is 0 Å². The van der Waals surface area contributed by atoms with Crippen LogP contribution < -0.4 is 0 Å². The van der Waals surface area contributed by atoms with Gasteiger partial charge in [-0.05, 0) is 62.0 Å². The van der Waals surface area contributed by atoms with Gasteiger partial charge in [0.15, 0.2) is 0 Å². The van der Waals surface area contributed by atoms with E-state index in [-0.39, 0.29) is 23.4 Å². The molecule has 27 heavy (non-hydrogen) atoms. The Kier molecular flexibility index (Phi) is 5.77. The number of hydrogen-bond donors (Lipinski definition) is 1. The molecule has 1 aromatic heterocycles. The van der Waals surface area contributed by atoms with Gasteiger partial charge in [-0.1, -0.05) is 0 Å². The summed E-state index contributed by atoms with van der Waals surface area (Å²) in [5.41, 5.74) is 0.923. The smallest absolute Gasteiger partial charge is 0.356 e. The van der Waals surface area contributed by atoms with Crippen LogP contribution in [0.4, 0.5) is 0 Å². The van der Waals surface area contributed by atoms with Gasteiger partial charge in [0.1, 0.15) is 5.69 Å². The maximum atomic E-state index is 12.7. The number of carbonyl (C=O) groups excluding carboxylic acids is 2. The number of piperidine rings is 1. The molecule has 0 aromatic carbocycles. The van der Waals surface area contributed by atoms with Crippen molar-refractivity contribution in [1.82, 2.24) is 9.88 Å². The average molecular weight is 374 g/mol. The van der Waals surface area contributed by atoms with Crippen molar-refractivity contribution in [3.8, 4) is 0 Å². The van der Waals surface area contributed by atoms with E-state index in [9.17, 15) is 14.4 Å². The average Bonchev–Trinajstić information content (AvgIpc) is 2.69. The van der Waals surface area contributed by atoms with E-state index in [1.54, 1.807) is 6.07 Å². The molecule has 1 N–H and O–H groups in total. The first-order chi connectivity index (χ1) is 12.9. The molecule has 0 atom stereocenters. The van der Waals surface area contributed by atoms with Gasteiger partial charge in [0.25, 0.3) is 5.91 Å². The molecule has 1 saturated carbocycles. The molecule has 0 bridgehead atoms. The van der Waals surface area contributed by atoms with Gasteiger partial charge in [-0.2, -0.15) is 0 Å². The van der Waals surface area contributed by atoms with Gasteiger partial charge >= 0.3 is 11.9 Å². The lowest BCUT2D eigenvalue weighted by atomic mass is 9.65. The molecule has 1 spiro atoms. The molecular weight excluding hydrogens is 348 g/mol. The zero-order valence-corrected chi connectivity index (χ0v) is 15.6. The van der Waals surface area contributed by atoms with Crippen molar-refractivity contribution < 1.29 is 24.2 Å². The van der Waals surface area contributed by atoms with Crippen molar-refractivity contribution in [1.29, 1.82) is 0 Å². The number of amides is 1. The van der Waals surface area contributed by atoms with E-state index >= 15 is 0 Å². The van der Waals surface area contributed by atoms with Crippen molar-refractivity contribution in [2.75, 3.05) is 20.2 Å². The highest BCUT2D eigenvalue weighted by molar-refractivity contribution is 5.95. The largest absolute Gasteiger partial charge is 0.481 e. The second kappa shape index (κ2) is 8.06. The van der Waals surface area contributed by atoms with E-state index in [0.717, 1.165) is 38.5 Å². The molecule has 1 aliphatic carbocycles. The summed E-state index contributed by atoms with van der Waals surface area (Å²) >= 11 is 0. The lowest BCUT2D eigenvalue weighted by Gasteiger charge is -2.45. The monoisotopic (exact) mass is 374 g/mol. The maximum Gasteiger partial charge on any atom is 0.356 e. The van der Waals surface area contributed by atoms with Crippen molar-refractivity contribution in [3.63, 3.8) is 0 Å². The zero-order valence-electron chi connectivity index (χ0n) is 15.6. The minimum absolute atomic E-state index is 0.0617. The van der Waals surface area contributed by atoms with Crippen molar-refractivity contribution in [2.45, 2.75) is 44.9 Å². The first kappa shape index (κ1) is 19.3. The molecule has 146 valence electrons. The number of likely N-dealkylation sites (tertiary alicyclic amines) is 1. The molecule has 1 saturated heterocycles. The number of carbonyl (C=O) groups is 3. The first-order valence-corrected chi connectivity index (χ1v) is 9.48. The summed E-state index contributed by atoms with van der Waals surface area (Å²) < 4.78 is 4.62. The highest BCUT2D eigenvalue weighted by atomic mass is 16.5. The number of hydrogen-bond acceptors (Lipinski definition) is 5. The van der Waals surface area contributed by atoms with Gasteiger partial charge in [0, 0.05) is 25.7 Å². The van der Waals surface area contributed by atoms with Crippen LogP contribution in [-0.2, 0) is 9.53 Å². The Morgan fingerprint density at radius 2 is 1.85 bits per heavy atom. The van der Waals surface area contributed by atoms with E-state index in [2.05, 4.69) is 9.72 Å². The number of carboxylic acid groups (broad SMARTS) is 1. The second-order valence-electron chi connectivity index (χ2n) is 7.76. The Morgan fingerprint density at radius 1 is 1.19 bits per heavy atom. The van der Waals surface area contributed by atoms with Gasteiger partial charge in [0.2, 0.25) is 0 Å². The fraction of sp³-hybridized carbons (Fsp3) is 0.600. The predicted molar refractivity (Wildman–Crippen MR) is 97.4 cm³/mol. The summed E-state index contributed by atoms with van der Waals surface area (Å²) in [6, 6.07) is 3.12. The summed E-state index contributed by atoms with van der Waals surface area (Å²) in [5.74, 6) is -0.990. The van der Waals surface area contributed by atoms with Crippen LogP contribution in [0.5, 0.6) is 0 Å². The summed E-state index contributed by atoms with van der Waals surface area (Å²) in [4.78, 5) is 40.9. The molecule has 3 rings (SSSR count). The lowest BCUT2D eigenvalue weighted by molar-refractivity contribution is -0.138. The lowest BCUT2D eigenvalue weighted by Crippen LogP contribution is -2.44. The summed E-state index contributed by atoms with van der Waals surface area (Å²) in [5, 5.41) is 8.96. The Hall–Kier alpha value is -2.44. The fourth-order valence-electron chi connectivity index (χ4n) is 4.35. The Balaban J connectivity index is 1.54. The normalized spacial score (nSPS) is 19.7. The number of aromatic nitrogens is 1. The number of aliphatic carboxylic acids is 1. The number of rotatable bonds is 4. The minimum Gasteiger partial charge on any atom is -0.481 e. The van der Waals surface area contributed by atoms with E-state index in [4.69, 9.17) is 5.11 Å². The number of methoxy groups -OCH3 is 1. The van der Waals surface area contributed by atoms with Crippen LogP contribution in [0, 0.1) is 11.3 Å². The van der Waals surface area contributed by atoms with Gasteiger partial charge in [-0.3, -0.25) is 9.59 Å². The topological polar surface area (TPSA) is 96.8 Å². The van der Waals surface area contributed by atoms with Crippen LogP contribution in [-0.4, -0.2) is 53.0 Å². The van der Waals surface area contributed by atoms with Gasteiger partial charge in [-0.25, -0.2) is 9.78 Å². The number of carboxylic acids is 1. The van der Waals surface area contributed by atoms with Crippen molar-refractivity contribution >= 4 is 17.8 Å². The van der Waals surface area contributed by atoms with Gasteiger partial charge in [-0.15, -0.1) is 0 Å².